The number of nitrogens with one attached hydrogen (secondary N) is 1. The van der Waals surface area contributed by atoms with E-state index in [4.69, 9.17) is 16.3 Å². The van der Waals surface area contributed by atoms with Gasteiger partial charge in [0.05, 0.1) is 13.2 Å². The Morgan fingerprint density at radius 1 is 1.19 bits per heavy atom. The normalized spacial score (nSPS) is 25.1. The van der Waals surface area contributed by atoms with E-state index in [1.807, 2.05) is 12.1 Å². The van der Waals surface area contributed by atoms with Gasteiger partial charge in [0.25, 0.3) is 0 Å². The molecule has 21 heavy (non-hydrogen) atoms. The summed E-state index contributed by atoms with van der Waals surface area (Å²) in [4.78, 5) is 5.08. The molecular formula is C16H24ClN3O. The molecule has 2 saturated heterocycles. The molecule has 0 aromatic heterocycles. The second-order valence-corrected chi connectivity index (χ2v) is 6.20. The lowest BCUT2D eigenvalue weighted by molar-refractivity contribution is 0.0291. The van der Waals surface area contributed by atoms with Gasteiger partial charge in [-0.25, -0.2) is 0 Å². The largest absolute Gasteiger partial charge is 0.379 e. The van der Waals surface area contributed by atoms with Crippen molar-refractivity contribution in [3.05, 3.63) is 34.9 Å². The Labute approximate surface area is 132 Å². The van der Waals surface area contributed by atoms with Gasteiger partial charge in [-0.15, -0.1) is 0 Å². The number of hydrogen-bond acceptors (Lipinski definition) is 4. The zero-order valence-electron chi connectivity index (χ0n) is 12.4. The minimum Gasteiger partial charge on any atom is -0.379 e. The van der Waals surface area contributed by atoms with E-state index in [2.05, 4.69) is 27.2 Å². The molecule has 4 nitrogen and oxygen atoms in total. The lowest BCUT2D eigenvalue weighted by Gasteiger charge is -2.38. The molecule has 0 amide bonds. The molecule has 2 heterocycles. The molecule has 116 valence electrons. The van der Waals surface area contributed by atoms with Gasteiger partial charge in [-0.3, -0.25) is 9.80 Å². The zero-order valence-corrected chi connectivity index (χ0v) is 13.2. The van der Waals surface area contributed by atoms with Crippen LogP contribution in [0.2, 0.25) is 5.02 Å². The molecule has 2 aliphatic rings. The van der Waals surface area contributed by atoms with Crippen LogP contribution in [0.5, 0.6) is 0 Å². The maximum atomic E-state index is 6.15. The average Bonchev–Trinajstić information content (AvgIpc) is 2.54. The Bertz CT molecular complexity index is 451. The first-order valence-electron chi connectivity index (χ1n) is 7.83. The number of benzene rings is 1. The summed E-state index contributed by atoms with van der Waals surface area (Å²) in [5, 5.41) is 4.33. The van der Waals surface area contributed by atoms with Crippen LogP contribution in [0.1, 0.15) is 11.6 Å². The predicted octanol–water partition coefficient (Wildman–Crippen LogP) is 1.62. The number of nitrogens with zero attached hydrogens (tertiary/aromatic N) is 2. The summed E-state index contributed by atoms with van der Waals surface area (Å²) in [5.74, 6) is 0. The van der Waals surface area contributed by atoms with Crippen LogP contribution in [0.25, 0.3) is 0 Å². The number of morpholine rings is 1. The molecule has 0 aliphatic carbocycles. The van der Waals surface area contributed by atoms with Crippen molar-refractivity contribution in [3.63, 3.8) is 0 Å². The van der Waals surface area contributed by atoms with E-state index >= 15 is 0 Å². The quantitative estimate of drug-likeness (QED) is 0.915. The van der Waals surface area contributed by atoms with Crippen LogP contribution in [0, 0.1) is 0 Å². The molecule has 1 N–H and O–H groups in total. The summed E-state index contributed by atoms with van der Waals surface area (Å²) in [6.07, 6.45) is 0. The Hall–Kier alpha value is -0.650. The fourth-order valence-corrected chi connectivity index (χ4v) is 3.35. The van der Waals surface area contributed by atoms with Crippen LogP contribution in [0.3, 0.4) is 0 Å². The summed E-state index contributed by atoms with van der Waals surface area (Å²) in [5.41, 5.74) is 1.32. The van der Waals surface area contributed by atoms with E-state index in [-0.39, 0.29) is 0 Å². The van der Waals surface area contributed by atoms with Crippen LogP contribution in [-0.2, 0) is 4.74 Å². The topological polar surface area (TPSA) is 27.7 Å². The fraction of sp³-hybridized carbons (Fsp3) is 0.625. The summed E-state index contributed by atoms with van der Waals surface area (Å²) >= 11 is 6.15. The van der Waals surface area contributed by atoms with Crippen LogP contribution < -0.4 is 5.32 Å². The van der Waals surface area contributed by atoms with Crippen molar-refractivity contribution < 1.29 is 4.74 Å². The molecule has 1 atom stereocenters. The molecular weight excluding hydrogens is 286 g/mol. The highest BCUT2D eigenvalue weighted by Crippen LogP contribution is 2.24. The monoisotopic (exact) mass is 309 g/mol. The van der Waals surface area contributed by atoms with Crippen molar-refractivity contribution >= 4 is 11.6 Å². The van der Waals surface area contributed by atoms with Crippen molar-refractivity contribution in [2.24, 2.45) is 0 Å². The van der Waals surface area contributed by atoms with Crippen molar-refractivity contribution in [2.45, 2.75) is 6.04 Å². The Morgan fingerprint density at radius 2 is 2.05 bits per heavy atom. The van der Waals surface area contributed by atoms with E-state index in [1.54, 1.807) is 0 Å². The molecule has 1 aromatic carbocycles. The Balaban J connectivity index is 1.61. The predicted molar refractivity (Wildman–Crippen MR) is 85.9 cm³/mol. The minimum absolute atomic E-state index is 0.429. The zero-order chi connectivity index (χ0) is 14.5. The summed E-state index contributed by atoms with van der Waals surface area (Å²) in [6.45, 7) is 9.28. The Kier molecular flexibility index (Phi) is 5.49. The molecule has 0 bridgehead atoms. The third-order valence-electron chi connectivity index (χ3n) is 4.39. The summed E-state index contributed by atoms with van der Waals surface area (Å²) in [7, 11) is 0. The smallest absolute Gasteiger partial charge is 0.0594 e. The van der Waals surface area contributed by atoms with E-state index < -0.39 is 0 Å². The Morgan fingerprint density at radius 3 is 2.86 bits per heavy atom. The van der Waals surface area contributed by atoms with Crippen LogP contribution in [0.15, 0.2) is 24.3 Å². The first-order valence-corrected chi connectivity index (χ1v) is 8.21. The van der Waals surface area contributed by atoms with Gasteiger partial charge >= 0.3 is 0 Å². The molecule has 1 unspecified atom stereocenters. The SMILES string of the molecule is Clc1cccc(C2CNCCN2CCN2CCOCC2)c1. The van der Waals surface area contributed by atoms with Gasteiger partial charge in [-0.2, -0.15) is 0 Å². The first-order chi connectivity index (χ1) is 10.3. The fourth-order valence-electron chi connectivity index (χ4n) is 3.15. The van der Waals surface area contributed by atoms with Gasteiger partial charge in [0, 0.05) is 56.9 Å². The maximum Gasteiger partial charge on any atom is 0.0594 e. The minimum atomic E-state index is 0.429. The van der Waals surface area contributed by atoms with Gasteiger partial charge in [-0.1, -0.05) is 23.7 Å². The first kappa shape index (κ1) is 15.3. The number of hydrogen-bond donors (Lipinski definition) is 1. The molecule has 0 radical (unpaired) electrons. The van der Waals surface area contributed by atoms with Crippen molar-refractivity contribution in [1.29, 1.82) is 0 Å². The summed E-state index contributed by atoms with van der Waals surface area (Å²) < 4.78 is 5.42. The van der Waals surface area contributed by atoms with Gasteiger partial charge in [0.15, 0.2) is 0 Å². The molecule has 5 heteroatoms. The highest BCUT2D eigenvalue weighted by Gasteiger charge is 2.24. The third kappa shape index (κ3) is 4.18. The van der Waals surface area contributed by atoms with Crippen molar-refractivity contribution in [3.8, 4) is 0 Å². The third-order valence-corrected chi connectivity index (χ3v) is 4.63. The van der Waals surface area contributed by atoms with Gasteiger partial charge in [0.1, 0.15) is 0 Å². The van der Waals surface area contributed by atoms with Crippen molar-refractivity contribution in [2.75, 3.05) is 59.0 Å². The van der Waals surface area contributed by atoms with E-state index in [0.717, 1.165) is 64.0 Å². The number of piperazine rings is 1. The van der Waals surface area contributed by atoms with E-state index in [9.17, 15) is 0 Å². The number of halogens is 1. The van der Waals surface area contributed by atoms with Crippen LogP contribution in [-0.4, -0.2) is 68.8 Å². The molecule has 0 spiro atoms. The lowest BCUT2D eigenvalue weighted by atomic mass is 10.0. The van der Waals surface area contributed by atoms with Crippen LogP contribution in [0.4, 0.5) is 0 Å². The van der Waals surface area contributed by atoms with Gasteiger partial charge in [0.2, 0.25) is 0 Å². The molecule has 1 aromatic rings. The number of ether oxygens (including phenoxy) is 1. The molecule has 3 rings (SSSR count). The highest BCUT2D eigenvalue weighted by molar-refractivity contribution is 6.30. The summed E-state index contributed by atoms with van der Waals surface area (Å²) in [6, 6.07) is 8.70. The maximum absolute atomic E-state index is 6.15. The van der Waals surface area contributed by atoms with Crippen LogP contribution >= 0.6 is 11.6 Å². The van der Waals surface area contributed by atoms with Crippen molar-refractivity contribution in [1.82, 2.24) is 15.1 Å². The lowest BCUT2D eigenvalue weighted by Crippen LogP contribution is -2.49. The number of rotatable bonds is 4. The van der Waals surface area contributed by atoms with E-state index in [0.29, 0.717) is 6.04 Å². The average molecular weight is 310 g/mol. The highest BCUT2D eigenvalue weighted by atomic mass is 35.5. The second-order valence-electron chi connectivity index (χ2n) is 5.76. The van der Waals surface area contributed by atoms with E-state index in [1.165, 1.54) is 5.56 Å². The molecule has 0 saturated carbocycles. The standard InChI is InChI=1S/C16H24ClN3O/c17-15-3-1-2-14(12-15)16-13-18-4-5-20(16)7-6-19-8-10-21-11-9-19/h1-3,12,16,18H,4-11,13H2. The second kappa shape index (κ2) is 7.56. The van der Waals surface area contributed by atoms with Gasteiger partial charge < -0.3 is 10.1 Å². The molecule has 2 aliphatic heterocycles. The molecule has 2 fully saturated rings. The van der Waals surface area contributed by atoms with Gasteiger partial charge in [-0.05, 0) is 17.7 Å².